The van der Waals surface area contributed by atoms with Gasteiger partial charge >= 0.3 is 0 Å². The summed E-state index contributed by atoms with van der Waals surface area (Å²) >= 11 is 5.97. The molecule has 3 amide bonds. The number of halogens is 1. The Bertz CT molecular complexity index is 1030. The highest BCUT2D eigenvalue weighted by Gasteiger charge is 2.48. The number of hydrogen-bond donors (Lipinski definition) is 2. The predicted octanol–water partition coefficient (Wildman–Crippen LogP) is 3.08. The smallest absolute Gasteiger partial charge is 0.276 e. The van der Waals surface area contributed by atoms with Gasteiger partial charge in [0.1, 0.15) is 11.2 Å². The van der Waals surface area contributed by atoms with Gasteiger partial charge in [-0.25, -0.2) is 0 Å². The summed E-state index contributed by atoms with van der Waals surface area (Å²) in [4.78, 5) is 40.6. The minimum Gasteiger partial charge on any atom is -0.351 e. The molecule has 2 aliphatic rings. The molecule has 2 N–H and O–H groups in total. The first kappa shape index (κ1) is 21.4. The molecule has 0 unspecified atom stereocenters. The molecule has 31 heavy (non-hydrogen) atoms. The summed E-state index contributed by atoms with van der Waals surface area (Å²) in [7, 11) is 0. The lowest BCUT2D eigenvalue weighted by Gasteiger charge is -2.43. The molecule has 0 spiro atoms. The van der Waals surface area contributed by atoms with Crippen molar-refractivity contribution in [2.24, 2.45) is 0 Å². The van der Waals surface area contributed by atoms with E-state index in [0.29, 0.717) is 22.9 Å². The first-order valence-corrected chi connectivity index (χ1v) is 11.0. The number of anilines is 1. The van der Waals surface area contributed by atoms with Crippen LogP contribution in [0.4, 0.5) is 5.69 Å². The van der Waals surface area contributed by atoms with E-state index in [1.165, 1.54) is 10.7 Å². The van der Waals surface area contributed by atoms with Crippen LogP contribution in [0.1, 0.15) is 60.5 Å². The molecule has 2 aromatic rings. The lowest BCUT2D eigenvalue weighted by atomic mass is 9.94. The molecule has 1 saturated carbocycles. The Morgan fingerprint density at radius 1 is 1.26 bits per heavy atom. The molecule has 1 aliphatic carbocycles. The summed E-state index contributed by atoms with van der Waals surface area (Å²) in [5, 5.41) is 10.7. The maximum Gasteiger partial charge on any atom is 0.276 e. The largest absolute Gasteiger partial charge is 0.351 e. The van der Waals surface area contributed by atoms with E-state index in [2.05, 4.69) is 15.7 Å². The van der Waals surface area contributed by atoms with Crippen LogP contribution in [0.25, 0.3) is 0 Å². The van der Waals surface area contributed by atoms with Crippen molar-refractivity contribution in [3.63, 3.8) is 0 Å². The van der Waals surface area contributed by atoms with Crippen LogP contribution in [0.3, 0.4) is 0 Å². The fourth-order valence-electron chi connectivity index (χ4n) is 4.42. The molecule has 1 aromatic carbocycles. The first-order chi connectivity index (χ1) is 14.8. The second-order valence-corrected chi connectivity index (χ2v) is 8.75. The number of carbonyl (C=O) groups is 3. The molecule has 1 aromatic heterocycles. The van der Waals surface area contributed by atoms with Crippen molar-refractivity contribution in [3.05, 3.63) is 46.7 Å². The van der Waals surface area contributed by atoms with Gasteiger partial charge in [0.05, 0.1) is 6.54 Å². The van der Waals surface area contributed by atoms with Crippen LogP contribution in [0.15, 0.2) is 30.3 Å². The quantitative estimate of drug-likeness (QED) is 0.742. The van der Waals surface area contributed by atoms with Crippen LogP contribution in [0.5, 0.6) is 0 Å². The summed E-state index contributed by atoms with van der Waals surface area (Å²) in [5.74, 6) is -0.940. The highest BCUT2D eigenvalue weighted by molar-refractivity contribution is 6.31. The Morgan fingerprint density at radius 2 is 2.00 bits per heavy atom. The van der Waals surface area contributed by atoms with E-state index < -0.39 is 11.4 Å². The number of fused-ring (bicyclic) bond motifs is 1. The standard InChI is InChI=1S/C22H26ClN5O3/c1-3-27-20(30)18-12-17(19(29)24-16-10-6-7-14(23)11-16)26-28(18)13-22(27,2)21(31)25-15-8-4-5-9-15/h6-7,10-12,15H,3-5,8-9,13H2,1-2H3,(H,24,29)(H,25,31)/t22-/m0/s1. The number of nitrogens with zero attached hydrogens (tertiary/aromatic N) is 3. The van der Waals surface area contributed by atoms with Gasteiger partial charge in [-0.1, -0.05) is 30.5 Å². The Labute approximate surface area is 185 Å². The molecule has 0 saturated heterocycles. The Hall–Kier alpha value is -2.87. The molecule has 0 radical (unpaired) electrons. The van der Waals surface area contributed by atoms with Crippen LogP contribution in [0, 0.1) is 0 Å². The van der Waals surface area contributed by atoms with Gasteiger partial charge in [-0.05, 0) is 44.9 Å². The highest BCUT2D eigenvalue weighted by atomic mass is 35.5. The molecule has 1 aliphatic heterocycles. The lowest BCUT2D eigenvalue weighted by molar-refractivity contribution is -0.133. The van der Waals surface area contributed by atoms with E-state index in [1.807, 2.05) is 6.92 Å². The van der Waals surface area contributed by atoms with Gasteiger partial charge in [-0.15, -0.1) is 0 Å². The van der Waals surface area contributed by atoms with Gasteiger partial charge < -0.3 is 15.5 Å². The third-order valence-electron chi connectivity index (χ3n) is 6.11. The van der Waals surface area contributed by atoms with Crippen molar-refractivity contribution in [2.45, 2.75) is 57.7 Å². The van der Waals surface area contributed by atoms with Gasteiger partial charge in [-0.2, -0.15) is 5.10 Å². The van der Waals surface area contributed by atoms with E-state index in [-0.39, 0.29) is 30.1 Å². The van der Waals surface area contributed by atoms with Crippen LogP contribution in [-0.4, -0.2) is 50.5 Å². The minimum absolute atomic E-state index is 0.111. The second-order valence-electron chi connectivity index (χ2n) is 8.32. The number of hydrogen-bond acceptors (Lipinski definition) is 4. The fourth-order valence-corrected chi connectivity index (χ4v) is 4.61. The van der Waals surface area contributed by atoms with Crippen LogP contribution in [0.2, 0.25) is 5.02 Å². The second kappa shape index (κ2) is 8.34. The molecular formula is C22H26ClN5O3. The topological polar surface area (TPSA) is 96.3 Å². The molecular weight excluding hydrogens is 418 g/mol. The van der Waals surface area contributed by atoms with Crippen LogP contribution >= 0.6 is 11.6 Å². The van der Waals surface area contributed by atoms with Gasteiger partial charge in [0, 0.05) is 29.4 Å². The third kappa shape index (κ3) is 4.04. The van der Waals surface area contributed by atoms with Gasteiger partial charge in [-0.3, -0.25) is 19.1 Å². The average Bonchev–Trinajstić information content (AvgIpc) is 3.38. The Morgan fingerprint density at radius 3 is 2.68 bits per heavy atom. The summed E-state index contributed by atoms with van der Waals surface area (Å²) in [6, 6.07) is 8.41. The number of benzene rings is 1. The van der Waals surface area contributed by atoms with Crippen LogP contribution < -0.4 is 10.6 Å². The summed E-state index contributed by atoms with van der Waals surface area (Å²) in [5.41, 5.74) is -0.136. The van der Waals surface area contributed by atoms with E-state index >= 15 is 0 Å². The zero-order valence-electron chi connectivity index (χ0n) is 17.7. The number of amides is 3. The molecule has 1 atom stereocenters. The maximum atomic E-state index is 13.2. The number of aromatic nitrogens is 2. The van der Waals surface area contributed by atoms with Crippen LogP contribution in [-0.2, 0) is 11.3 Å². The molecule has 2 heterocycles. The molecule has 0 bridgehead atoms. The van der Waals surface area contributed by atoms with Gasteiger partial charge in [0.2, 0.25) is 5.91 Å². The SMILES string of the molecule is CCN1C(=O)c2cc(C(=O)Nc3cccc(Cl)c3)nn2C[C@@]1(C)C(=O)NC1CCCC1. The Kier molecular flexibility index (Phi) is 5.75. The minimum atomic E-state index is -1.08. The van der Waals surface area contributed by atoms with E-state index in [1.54, 1.807) is 36.1 Å². The van der Waals surface area contributed by atoms with Crippen molar-refractivity contribution in [1.29, 1.82) is 0 Å². The van der Waals surface area contributed by atoms with Crippen molar-refractivity contribution >= 4 is 35.0 Å². The average molecular weight is 444 g/mol. The van der Waals surface area contributed by atoms with Crippen molar-refractivity contribution < 1.29 is 14.4 Å². The zero-order valence-corrected chi connectivity index (χ0v) is 18.4. The first-order valence-electron chi connectivity index (χ1n) is 10.6. The van der Waals surface area contributed by atoms with Crippen molar-refractivity contribution in [3.8, 4) is 0 Å². The number of carbonyl (C=O) groups excluding carboxylic acids is 3. The van der Waals surface area contributed by atoms with Gasteiger partial charge in [0.15, 0.2) is 5.69 Å². The van der Waals surface area contributed by atoms with E-state index in [0.717, 1.165) is 25.7 Å². The Balaban J connectivity index is 1.58. The normalized spacial score (nSPS) is 21.1. The lowest BCUT2D eigenvalue weighted by Crippen LogP contribution is -2.64. The van der Waals surface area contributed by atoms with Gasteiger partial charge in [0.25, 0.3) is 11.8 Å². The third-order valence-corrected chi connectivity index (χ3v) is 6.34. The summed E-state index contributed by atoms with van der Waals surface area (Å²) in [6.07, 6.45) is 4.13. The van der Waals surface area contributed by atoms with Crippen molar-refractivity contribution in [1.82, 2.24) is 20.0 Å². The number of likely N-dealkylation sites (N-methyl/N-ethyl adjacent to an activating group) is 1. The number of rotatable bonds is 5. The molecule has 1 fully saturated rings. The fraction of sp³-hybridized carbons (Fsp3) is 0.455. The highest BCUT2D eigenvalue weighted by Crippen LogP contribution is 2.29. The number of nitrogens with one attached hydrogen (secondary N) is 2. The van der Waals surface area contributed by atoms with E-state index in [9.17, 15) is 14.4 Å². The summed E-state index contributed by atoms with van der Waals surface area (Å²) < 4.78 is 1.47. The zero-order chi connectivity index (χ0) is 22.2. The monoisotopic (exact) mass is 443 g/mol. The molecule has 8 nitrogen and oxygen atoms in total. The molecule has 4 rings (SSSR count). The molecule has 9 heteroatoms. The van der Waals surface area contributed by atoms with E-state index in [4.69, 9.17) is 11.6 Å². The maximum absolute atomic E-state index is 13.2. The predicted molar refractivity (Wildman–Crippen MR) is 117 cm³/mol. The summed E-state index contributed by atoms with van der Waals surface area (Å²) in [6.45, 7) is 4.17. The van der Waals surface area contributed by atoms with Crippen molar-refractivity contribution in [2.75, 3.05) is 11.9 Å². The molecule has 164 valence electrons.